The van der Waals surface area contributed by atoms with Crippen LogP contribution in [-0.2, 0) is 14.3 Å². The van der Waals surface area contributed by atoms with E-state index in [1.54, 1.807) is 36.5 Å². The molecule has 6 nitrogen and oxygen atoms in total. The Hall–Kier alpha value is -1.60. The van der Waals surface area contributed by atoms with Crippen LogP contribution in [0, 0.1) is 0 Å². The highest BCUT2D eigenvalue weighted by Crippen LogP contribution is 2.36. The topological polar surface area (TPSA) is 79.7 Å². The van der Waals surface area contributed by atoms with Crippen LogP contribution in [0.2, 0.25) is 0 Å². The van der Waals surface area contributed by atoms with E-state index < -0.39 is 17.3 Å². The summed E-state index contributed by atoms with van der Waals surface area (Å²) in [5.41, 5.74) is 0.782. The molecule has 2 rings (SSSR count). The molecule has 1 aromatic rings. The first-order valence-electron chi connectivity index (χ1n) is 6.18. The van der Waals surface area contributed by atoms with Gasteiger partial charge in [-0.3, -0.25) is 14.6 Å². The van der Waals surface area contributed by atoms with Gasteiger partial charge in [-0.05, 0) is 17.7 Å². The summed E-state index contributed by atoms with van der Waals surface area (Å²) in [6.07, 6.45) is 3.21. The first kappa shape index (κ1) is 14.8. The molecule has 0 saturated carbocycles. The van der Waals surface area contributed by atoms with Gasteiger partial charge in [0.1, 0.15) is 5.25 Å². The maximum atomic E-state index is 12.1. The molecular weight excluding hydrogens is 280 g/mol. The minimum Gasteiger partial charge on any atom is -0.480 e. The van der Waals surface area contributed by atoms with Crippen molar-refractivity contribution in [3.05, 3.63) is 30.1 Å². The van der Waals surface area contributed by atoms with E-state index in [4.69, 9.17) is 4.74 Å². The monoisotopic (exact) mass is 296 g/mol. The van der Waals surface area contributed by atoms with E-state index in [2.05, 4.69) is 4.98 Å². The molecule has 0 aromatic carbocycles. The minimum atomic E-state index is -0.910. The number of carboxylic acid groups (broad SMARTS) is 1. The average Bonchev–Trinajstić information content (AvgIpc) is 2.46. The molecule has 0 bridgehead atoms. The van der Waals surface area contributed by atoms with Crippen LogP contribution in [0.3, 0.4) is 0 Å². The van der Waals surface area contributed by atoms with E-state index in [0.717, 1.165) is 5.56 Å². The van der Waals surface area contributed by atoms with Gasteiger partial charge in [0, 0.05) is 26.0 Å². The third kappa shape index (κ3) is 3.10. The number of thioether (sulfide) groups is 1. The molecule has 0 spiro atoms. The number of nitrogens with zero attached hydrogens (tertiary/aromatic N) is 2. The molecule has 1 fully saturated rings. The number of amides is 1. The van der Waals surface area contributed by atoms with Gasteiger partial charge in [0.25, 0.3) is 0 Å². The highest BCUT2D eigenvalue weighted by molar-refractivity contribution is 8.01. The van der Waals surface area contributed by atoms with E-state index in [1.807, 2.05) is 0 Å². The van der Waals surface area contributed by atoms with Gasteiger partial charge in [0.05, 0.1) is 18.4 Å². The fraction of sp³-hybridized carbons (Fsp3) is 0.462. The van der Waals surface area contributed by atoms with Gasteiger partial charge in [-0.1, -0.05) is 0 Å². The molecule has 20 heavy (non-hydrogen) atoms. The maximum absolute atomic E-state index is 12.1. The number of aromatic nitrogens is 1. The van der Waals surface area contributed by atoms with Crippen LogP contribution in [0.25, 0.3) is 0 Å². The second kappa shape index (κ2) is 6.71. The van der Waals surface area contributed by atoms with Crippen molar-refractivity contribution in [3.8, 4) is 0 Å². The Labute approximate surface area is 121 Å². The summed E-state index contributed by atoms with van der Waals surface area (Å²) in [6.45, 7) is 0.761. The van der Waals surface area contributed by atoms with Gasteiger partial charge in [0.15, 0.2) is 0 Å². The molecule has 1 saturated heterocycles. The van der Waals surface area contributed by atoms with Crippen LogP contribution in [0.4, 0.5) is 0 Å². The van der Waals surface area contributed by atoms with Crippen LogP contribution in [0.1, 0.15) is 11.6 Å². The van der Waals surface area contributed by atoms with Gasteiger partial charge < -0.3 is 14.7 Å². The second-order valence-electron chi connectivity index (χ2n) is 4.38. The molecule has 2 unspecified atom stereocenters. The third-order valence-corrected chi connectivity index (χ3v) is 4.39. The number of methoxy groups -OCH3 is 1. The molecule has 0 radical (unpaired) electrons. The summed E-state index contributed by atoms with van der Waals surface area (Å²) in [4.78, 5) is 29.1. The number of rotatable bonds is 5. The third-order valence-electron chi connectivity index (χ3n) is 3.16. The molecule has 0 aliphatic carbocycles. The normalized spacial score (nSPS) is 22.9. The number of carboxylic acids is 1. The molecule has 2 heterocycles. The van der Waals surface area contributed by atoms with Crippen LogP contribution >= 0.6 is 11.8 Å². The van der Waals surface area contributed by atoms with Gasteiger partial charge in [-0.15, -0.1) is 11.8 Å². The summed E-state index contributed by atoms with van der Waals surface area (Å²) in [5, 5.41) is 8.72. The Morgan fingerprint density at radius 1 is 1.55 bits per heavy atom. The lowest BCUT2D eigenvalue weighted by Crippen LogP contribution is -2.48. The molecular formula is C13H16N2O4S. The van der Waals surface area contributed by atoms with Crippen molar-refractivity contribution in [2.45, 2.75) is 11.3 Å². The van der Waals surface area contributed by atoms with E-state index in [9.17, 15) is 14.7 Å². The van der Waals surface area contributed by atoms with E-state index in [-0.39, 0.29) is 11.7 Å². The number of ether oxygens (including phenoxy) is 1. The molecule has 108 valence electrons. The first-order valence-corrected chi connectivity index (χ1v) is 7.22. The Morgan fingerprint density at radius 2 is 2.25 bits per heavy atom. The minimum absolute atomic E-state index is 0.0636. The standard InChI is InChI=1S/C13H16N2O4S/c1-19-7-6-15-10(16)8-20-12(13(17)18)11(15)9-2-4-14-5-3-9/h2-5,11-12H,6-8H2,1H3,(H,17,18). The van der Waals surface area contributed by atoms with E-state index >= 15 is 0 Å². The van der Waals surface area contributed by atoms with Crippen molar-refractivity contribution in [3.63, 3.8) is 0 Å². The fourth-order valence-corrected chi connectivity index (χ4v) is 3.35. The predicted octanol–water partition coefficient (Wildman–Crippen LogP) is 0.798. The van der Waals surface area contributed by atoms with Crippen LogP contribution in [0.5, 0.6) is 0 Å². The second-order valence-corrected chi connectivity index (χ2v) is 5.51. The molecule has 1 amide bonds. The molecule has 1 N–H and O–H groups in total. The van der Waals surface area contributed by atoms with E-state index in [0.29, 0.717) is 13.2 Å². The summed E-state index contributed by atoms with van der Waals surface area (Å²) in [5.74, 6) is -0.791. The van der Waals surface area contributed by atoms with Crippen LogP contribution in [-0.4, -0.2) is 58.1 Å². The van der Waals surface area contributed by atoms with Crippen LogP contribution < -0.4 is 0 Å². The number of aliphatic carboxylic acids is 1. The smallest absolute Gasteiger partial charge is 0.319 e. The molecule has 2 atom stereocenters. The van der Waals surface area contributed by atoms with Gasteiger partial charge >= 0.3 is 5.97 Å². The molecule has 7 heteroatoms. The van der Waals surface area contributed by atoms with Crippen molar-refractivity contribution < 1.29 is 19.4 Å². The Balaban J connectivity index is 2.33. The number of hydrogen-bond acceptors (Lipinski definition) is 5. The predicted molar refractivity (Wildman–Crippen MR) is 74.4 cm³/mol. The number of hydrogen-bond donors (Lipinski definition) is 1. The molecule has 1 aromatic heterocycles. The van der Waals surface area contributed by atoms with Crippen LogP contribution in [0.15, 0.2) is 24.5 Å². The van der Waals surface area contributed by atoms with Crippen molar-refractivity contribution in [2.75, 3.05) is 26.0 Å². The average molecular weight is 296 g/mol. The summed E-state index contributed by atoms with van der Waals surface area (Å²) < 4.78 is 5.01. The van der Waals surface area contributed by atoms with Crippen molar-refractivity contribution in [2.24, 2.45) is 0 Å². The summed E-state index contributed by atoms with van der Waals surface area (Å²) >= 11 is 1.17. The Bertz CT molecular complexity index is 483. The lowest BCUT2D eigenvalue weighted by molar-refractivity contribution is -0.140. The Morgan fingerprint density at radius 3 is 2.85 bits per heavy atom. The zero-order chi connectivity index (χ0) is 14.5. The van der Waals surface area contributed by atoms with Gasteiger partial charge in [-0.2, -0.15) is 0 Å². The largest absolute Gasteiger partial charge is 0.480 e. The number of carbonyl (C=O) groups excluding carboxylic acids is 1. The highest BCUT2D eigenvalue weighted by atomic mass is 32.2. The van der Waals surface area contributed by atoms with Crippen molar-refractivity contribution in [1.29, 1.82) is 0 Å². The van der Waals surface area contributed by atoms with E-state index in [1.165, 1.54) is 11.8 Å². The maximum Gasteiger partial charge on any atom is 0.319 e. The highest BCUT2D eigenvalue weighted by Gasteiger charge is 2.41. The van der Waals surface area contributed by atoms with Crippen molar-refractivity contribution >= 4 is 23.6 Å². The summed E-state index contributed by atoms with van der Waals surface area (Å²) in [7, 11) is 1.55. The van der Waals surface area contributed by atoms with Gasteiger partial charge in [0.2, 0.25) is 5.91 Å². The first-order chi connectivity index (χ1) is 9.65. The fourth-order valence-electron chi connectivity index (χ4n) is 2.23. The lowest BCUT2D eigenvalue weighted by Gasteiger charge is -2.39. The number of pyridine rings is 1. The zero-order valence-corrected chi connectivity index (χ0v) is 11.9. The quantitative estimate of drug-likeness (QED) is 0.865. The molecule has 1 aliphatic heterocycles. The SMILES string of the molecule is COCCN1C(=O)CSC(C(=O)O)C1c1ccncc1. The molecule has 1 aliphatic rings. The van der Waals surface area contributed by atoms with Crippen molar-refractivity contribution in [1.82, 2.24) is 9.88 Å². The van der Waals surface area contributed by atoms with Gasteiger partial charge in [-0.25, -0.2) is 0 Å². The lowest BCUT2D eigenvalue weighted by atomic mass is 10.0. The zero-order valence-electron chi connectivity index (χ0n) is 11.1. The Kier molecular flexibility index (Phi) is 4.97. The summed E-state index contributed by atoms with van der Waals surface area (Å²) in [6, 6.07) is 3.01. The number of carbonyl (C=O) groups is 2.